The molecule has 2 atom stereocenters. The van der Waals surface area contributed by atoms with E-state index >= 15 is 0 Å². The molecule has 39 heavy (non-hydrogen) atoms. The Morgan fingerprint density at radius 2 is 1.62 bits per heavy atom. The third kappa shape index (κ3) is 4.96. The first-order valence-corrected chi connectivity index (χ1v) is 14.3. The zero-order valence-corrected chi connectivity index (χ0v) is 22.3. The molecular weight excluding hydrogens is 532 g/mol. The summed E-state index contributed by atoms with van der Waals surface area (Å²) in [5.74, 6) is 0.0918. The molecule has 2 N–H and O–H groups in total. The Kier molecular flexibility index (Phi) is 7.18. The quantitative estimate of drug-likeness (QED) is 0.197. The van der Waals surface area contributed by atoms with E-state index in [-0.39, 0.29) is 17.0 Å². The van der Waals surface area contributed by atoms with Crippen LogP contribution in [0.25, 0.3) is 5.69 Å². The van der Waals surface area contributed by atoms with E-state index < -0.39 is 18.1 Å². The predicted octanol–water partition coefficient (Wildman–Crippen LogP) is 3.58. The summed E-state index contributed by atoms with van der Waals surface area (Å²) in [6.07, 6.45) is -0.634. The third-order valence-corrected chi connectivity index (χ3v) is 8.89. The number of nitrogens with two attached hydrogens (primary N) is 1. The third-order valence-electron chi connectivity index (χ3n) is 6.53. The van der Waals surface area contributed by atoms with E-state index in [0.29, 0.717) is 16.7 Å². The number of carbonyl (C=O) groups excluding carboxylic acids is 2. The van der Waals surface area contributed by atoms with Gasteiger partial charge < -0.3 is 10.5 Å². The molecule has 196 valence electrons. The van der Waals surface area contributed by atoms with Crippen LogP contribution in [0.2, 0.25) is 0 Å². The SMILES string of the molecule is N[C@@H]1C(=O)N2C(C(=O)OC(c3ccccc3)c3ccccc3)=C(CSc3nnnn3-c3ccccc3)CS[C@H]12. The maximum Gasteiger partial charge on any atom is 0.356 e. The van der Waals surface area contributed by atoms with Crippen LogP contribution in [0.15, 0.2) is 107 Å². The summed E-state index contributed by atoms with van der Waals surface area (Å²) in [4.78, 5) is 28.2. The number of fused-ring (bicyclic) bond motifs is 1. The lowest BCUT2D eigenvalue weighted by Crippen LogP contribution is -2.68. The Labute approximate surface area is 233 Å². The molecule has 4 aromatic rings. The first kappa shape index (κ1) is 25.4. The average Bonchev–Trinajstić information content (AvgIpc) is 3.48. The van der Waals surface area contributed by atoms with Crippen LogP contribution in [0.4, 0.5) is 0 Å². The maximum atomic E-state index is 13.9. The van der Waals surface area contributed by atoms with Crippen molar-refractivity contribution < 1.29 is 14.3 Å². The number of hydrogen-bond donors (Lipinski definition) is 1. The van der Waals surface area contributed by atoms with Gasteiger partial charge in [0.15, 0.2) is 6.10 Å². The van der Waals surface area contributed by atoms with Crippen molar-refractivity contribution in [2.75, 3.05) is 11.5 Å². The molecule has 3 aromatic carbocycles. The fourth-order valence-corrected chi connectivity index (χ4v) is 6.90. The van der Waals surface area contributed by atoms with Crippen molar-refractivity contribution in [1.82, 2.24) is 25.1 Å². The van der Waals surface area contributed by atoms with Crippen LogP contribution >= 0.6 is 23.5 Å². The number of amides is 1. The van der Waals surface area contributed by atoms with E-state index in [1.807, 2.05) is 91.0 Å². The highest BCUT2D eigenvalue weighted by molar-refractivity contribution is 8.01. The zero-order valence-electron chi connectivity index (χ0n) is 20.7. The smallest absolute Gasteiger partial charge is 0.356 e. The lowest BCUT2D eigenvalue weighted by molar-refractivity contribution is -0.153. The molecule has 0 bridgehead atoms. The molecule has 9 nitrogen and oxygen atoms in total. The fourth-order valence-electron chi connectivity index (χ4n) is 4.58. The molecule has 0 unspecified atom stereocenters. The van der Waals surface area contributed by atoms with Crippen molar-refractivity contribution in [1.29, 1.82) is 0 Å². The minimum atomic E-state index is -0.642. The van der Waals surface area contributed by atoms with Crippen LogP contribution in [-0.4, -0.2) is 59.9 Å². The number of nitrogens with zero attached hydrogens (tertiary/aromatic N) is 5. The molecule has 0 aliphatic carbocycles. The number of β-lactam (4-membered cyclic amide) rings is 1. The van der Waals surface area contributed by atoms with E-state index in [2.05, 4.69) is 15.5 Å². The summed E-state index contributed by atoms with van der Waals surface area (Å²) in [6.45, 7) is 0. The number of tetrazole rings is 1. The first-order chi connectivity index (χ1) is 19.1. The van der Waals surface area contributed by atoms with Gasteiger partial charge in [0.25, 0.3) is 0 Å². The monoisotopic (exact) mass is 556 g/mol. The Balaban J connectivity index is 1.31. The fraction of sp³-hybridized carbons (Fsp3) is 0.179. The summed E-state index contributed by atoms with van der Waals surface area (Å²) in [5, 5.41) is 12.4. The van der Waals surface area contributed by atoms with Gasteiger partial charge in [0, 0.05) is 11.5 Å². The van der Waals surface area contributed by atoms with Gasteiger partial charge >= 0.3 is 5.97 Å². The molecule has 1 saturated heterocycles. The Bertz CT molecular complexity index is 1470. The lowest BCUT2D eigenvalue weighted by Gasteiger charge is -2.48. The summed E-state index contributed by atoms with van der Waals surface area (Å²) < 4.78 is 7.81. The molecule has 11 heteroatoms. The van der Waals surface area contributed by atoms with Crippen molar-refractivity contribution in [2.45, 2.75) is 22.7 Å². The van der Waals surface area contributed by atoms with Crippen LogP contribution in [0.5, 0.6) is 0 Å². The highest BCUT2D eigenvalue weighted by Gasteiger charge is 2.52. The van der Waals surface area contributed by atoms with Crippen LogP contribution in [0.1, 0.15) is 17.2 Å². The number of carbonyl (C=O) groups is 2. The van der Waals surface area contributed by atoms with Crippen molar-refractivity contribution in [2.24, 2.45) is 5.73 Å². The second-order valence-electron chi connectivity index (χ2n) is 8.99. The van der Waals surface area contributed by atoms with Crippen molar-refractivity contribution in [3.63, 3.8) is 0 Å². The number of rotatable bonds is 8. The molecule has 6 rings (SSSR count). The van der Waals surface area contributed by atoms with Gasteiger partial charge in [-0.15, -0.1) is 16.9 Å². The van der Waals surface area contributed by atoms with Gasteiger partial charge in [0.05, 0.1) is 5.69 Å². The molecular formula is C28H24N6O3S2. The number of hydrogen-bond acceptors (Lipinski definition) is 9. The minimum Gasteiger partial charge on any atom is -0.448 e. The van der Waals surface area contributed by atoms with E-state index in [0.717, 1.165) is 22.4 Å². The van der Waals surface area contributed by atoms with Gasteiger partial charge in [0.2, 0.25) is 11.1 Å². The normalized spacial score (nSPS) is 18.6. The first-order valence-electron chi connectivity index (χ1n) is 12.3. The zero-order chi connectivity index (χ0) is 26.8. The van der Waals surface area contributed by atoms with Crippen LogP contribution in [-0.2, 0) is 14.3 Å². The predicted molar refractivity (Wildman–Crippen MR) is 149 cm³/mol. The van der Waals surface area contributed by atoms with Crippen molar-refractivity contribution >= 4 is 35.4 Å². The number of esters is 1. The highest BCUT2D eigenvalue weighted by atomic mass is 32.2. The van der Waals surface area contributed by atoms with Gasteiger partial charge in [-0.2, -0.15) is 4.68 Å². The van der Waals surface area contributed by atoms with Crippen molar-refractivity contribution in [3.05, 3.63) is 113 Å². The average molecular weight is 557 g/mol. The Morgan fingerprint density at radius 1 is 1.00 bits per heavy atom. The molecule has 1 aromatic heterocycles. The minimum absolute atomic E-state index is 0.258. The van der Waals surface area contributed by atoms with E-state index in [1.54, 1.807) is 16.4 Å². The summed E-state index contributed by atoms with van der Waals surface area (Å²) in [5.41, 5.74) is 9.61. The highest BCUT2D eigenvalue weighted by Crippen LogP contribution is 2.42. The summed E-state index contributed by atoms with van der Waals surface area (Å²) in [7, 11) is 0. The summed E-state index contributed by atoms with van der Waals surface area (Å²) >= 11 is 2.94. The Morgan fingerprint density at radius 3 is 2.26 bits per heavy atom. The molecule has 1 fully saturated rings. The molecule has 1 amide bonds. The van der Waals surface area contributed by atoms with Crippen molar-refractivity contribution in [3.8, 4) is 5.69 Å². The number of benzene rings is 3. The second kappa shape index (κ2) is 11.0. The Hall–Kier alpha value is -3.93. The van der Waals surface area contributed by atoms with E-state index in [4.69, 9.17) is 10.5 Å². The molecule has 0 spiro atoms. The van der Waals surface area contributed by atoms with Gasteiger partial charge in [0.1, 0.15) is 17.1 Å². The number of thioether (sulfide) groups is 2. The summed E-state index contributed by atoms with van der Waals surface area (Å²) in [6, 6.07) is 28.1. The second-order valence-corrected chi connectivity index (χ2v) is 11.0. The molecule has 2 aliphatic heterocycles. The topological polar surface area (TPSA) is 116 Å². The van der Waals surface area contributed by atoms with Crippen LogP contribution in [0.3, 0.4) is 0 Å². The van der Waals surface area contributed by atoms with Crippen LogP contribution in [0, 0.1) is 0 Å². The molecule has 3 heterocycles. The van der Waals surface area contributed by atoms with Gasteiger partial charge in [-0.3, -0.25) is 9.69 Å². The molecule has 0 saturated carbocycles. The largest absolute Gasteiger partial charge is 0.448 e. The molecule has 0 radical (unpaired) electrons. The lowest BCUT2D eigenvalue weighted by atomic mass is 10.0. The van der Waals surface area contributed by atoms with Gasteiger partial charge in [-0.1, -0.05) is 90.6 Å². The number of para-hydroxylation sites is 1. The standard InChI is InChI=1S/C28H24N6O3S2/c29-22-25(35)33-23(27(36)37-24(18-10-4-1-5-11-18)19-12-6-2-7-13-19)20(16-38-26(22)33)17-39-28-30-31-32-34(28)21-14-8-3-9-15-21/h1-15,22,24,26H,16-17,29H2/t22-,26-/m1/s1. The van der Waals surface area contributed by atoms with E-state index in [9.17, 15) is 9.59 Å². The van der Waals surface area contributed by atoms with Crippen LogP contribution < -0.4 is 5.73 Å². The van der Waals surface area contributed by atoms with Gasteiger partial charge in [-0.25, -0.2) is 4.79 Å². The van der Waals surface area contributed by atoms with E-state index in [1.165, 1.54) is 16.7 Å². The van der Waals surface area contributed by atoms with Gasteiger partial charge in [-0.05, 0) is 39.3 Å². The number of ether oxygens (including phenoxy) is 1. The maximum absolute atomic E-state index is 13.9. The number of aromatic nitrogens is 4. The molecule has 2 aliphatic rings.